The minimum atomic E-state index is -3.00. The van der Waals surface area contributed by atoms with E-state index >= 15 is 0 Å². The Morgan fingerprint density at radius 1 is 1.19 bits per heavy atom. The molecule has 2 aliphatic heterocycles. The first-order valence-electron chi connectivity index (χ1n) is 8.13. The van der Waals surface area contributed by atoms with Gasteiger partial charge in [0.2, 0.25) is 0 Å². The zero-order chi connectivity index (χ0) is 18.3. The van der Waals surface area contributed by atoms with E-state index in [1.165, 1.54) is 23.9 Å². The molecule has 2 aromatic carbocycles. The van der Waals surface area contributed by atoms with Crippen LogP contribution in [0.15, 0.2) is 53.5 Å². The third-order valence-corrected chi connectivity index (χ3v) is 8.05. The van der Waals surface area contributed by atoms with E-state index in [0.29, 0.717) is 11.6 Å². The topological polar surface area (TPSA) is 49.7 Å². The third kappa shape index (κ3) is 3.61. The Labute approximate surface area is 161 Å². The molecule has 0 N–H and O–H groups in total. The fraction of sp³-hybridized carbons (Fsp3) is 0.278. The van der Waals surface area contributed by atoms with Crippen molar-refractivity contribution in [3.8, 4) is 0 Å². The van der Waals surface area contributed by atoms with Gasteiger partial charge in [-0.05, 0) is 29.8 Å². The molecule has 0 amide bonds. The van der Waals surface area contributed by atoms with Crippen molar-refractivity contribution >= 4 is 44.1 Å². The summed E-state index contributed by atoms with van der Waals surface area (Å²) in [6.45, 7) is 0.432. The van der Waals surface area contributed by atoms with Gasteiger partial charge < -0.3 is 4.90 Å². The van der Waals surface area contributed by atoms with Crippen molar-refractivity contribution in [1.29, 1.82) is 0 Å². The Morgan fingerprint density at radius 3 is 2.65 bits per heavy atom. The molecule has 0 aliphatic carbocycles. The van der Waals surface area contributed by atoms with Gasteiger partial charge in [-0.1, -0.05) is 47.6 Å². The second-order valence-electron chi connectivity index (χ2n) is 6.37. The molecule has 136 valence electrons. The van der Waals surface area contributed by atoms with Crippen LogP contribution in [0.25, 0.3) is 0 Å². The summed E-state index contributed by atoms with van der Waals surface area (Å²) in [7, 11) is -3.00. The number of halogens is 2. The molecule has 0 radical (unpaired) electrons. The van der Waals surface area contributed by atoms with E-state index in [-0.39, 0.29) is 28.6 Å². The summed E-state index contributed by atoms with van der Waals surface area (Å²) >= 11 is 7.70. The normalized spacial score (nSPS) is 23.5. The first kappa shape index (κ1) is 17.8. The maximum absolute atomic E-state index is 13.4. The van der Waals surface area contributed by atoms with Gasteiger partial charge in [0.1, 0.15) is 5.82 Å². The van der Waals surface area contributed by atoms with E-state index in [9.17, 15) is 12.8 Å². The number of thioether (sulfide) groups is 1. The predicted octanol–water partition coefficient (Wildman–Crippen LogP) is 3.75. The number of benzene rings is 2. The van der Waals surface area contributed by atoms with Crippen molar-refractivity contribution in [2.24, 2.45) is 4.99 Å². The zero-order valence-corrected chi connectivity index (χ0v) is 16.1. The summed E-state index contributed by atoms with van der Waals surface area (Å²) in [5.41, 5.74) is 1.71. The lowest BCUT2D eigenvalue weighted by Gasteiger charge is -2.25. The number of anilines is 1. The minimum Gasteiger partial charge on any atom is -0.317 e. The van der Waals surface area contributed by atoms with Gasteiger partial charge in [0, 0.05) is 16.0 Å². The molecule has 4 rings (SSSR count). The number of nitrogens with zero attached hydrogens (tertiary/aromatic N) is 2. The van der Waals surface area contributed by atoms with E-state index in [4.69, 9.17) is 11.6 Å². The third-order valence-electron chi connectivity index (χ3n) is 4.45. The molecule has 2 atom stereocenters. The van der Waals surface area contributed by atoms with Crippen molar-refractivity contribution in [2.75, 3.05) is 16.4 Å². The average molecular weight is 411 g/mol. The van der Waals surface area contributed by atoms with Gasteiger partial charge in [-0.25, -0.2) is 12.8 Å². The molecule has 8 heteroatoms. The van der Waals surface area contributed by atoms with Crippen LogP contribution in [-0.2, 0) is 16.4 Å². The summed E-state index contributed by atoms with van der Waals surface area (Å²) in [6, 6.07) is 13.9. The second-order valence-corrected chi connectivity index (χ2v) is 10.1. The van der Waals surface area contributed by atoms with Gasteiger partial charge in [-0.2, -0.15) is 0 Å². The monoisotopic (exact) mass is 410 g/mol. The summed E-state index contributed by atoms with van der Waals surface area (Å²) in [4.78, 5) is 6.68. The van der Waals surface area contributed by atoms with Crippen molar-refractivity contribution in [1.82, 2.24) is 0 Å². The van der Waals surface area contributed by atoms with Crippen molar-refractivity contribution < 1.29 is 12.8 Å². The molecule has 0 bridgehead atoms. The lowest BCUT2D eigenvalue weighted by Crippen LogP contribution is -2.28. The molecule has 0 spiro atoms. The van der Waals surface area contributed by atoms with Crippen LogP contribution in [0.1, 0.15) is 5.56 Å². The highest BCUT2D eigenvalue weighted by molar-refractivity contribution is 8.15. The molecular formula is C18H16ClFN2O2S2. The molecule has 0 aromatic heterocycles. The lowest BCUT2D eigenvalue weighted by molar-refractivity contribution is 0.601. The molecule has 2 unspecified atom stereocenters. The van der Waals surface area contributed by atoms with E-state index in [2.05, 4.69) is 4.99 Å². The number of para-hydroxylation sites is 1. The minimum absolute atomic E-state index is 0.0371. The highest BCUT2D eigenvalue weighted by Crippen LogP contribution is 2.37. The Hall–Kier alpha value is -1.57. The first-order valence-corrected chi connectivity index (χ1v) is 11.2. The van der Waals surface area contributed by atoms with Gasteiger partial charge in [0.05, 0.1) is 24.1 Å². The summed E-state index contributed by atoms with van der Waals surface area (Å²) < 4.78 is 37.0. The Morgan fingerprint density at radius 2 is 1.96 bits per heavy atom. The van der Waals surface area contributed by atoms with Gasteiger partial charge >= 0.3 is 0 Å². The maximum Gasteiger partial charge on any atom is 0.164 e. The first-order chi connectivity index (χ1) is 12.4. The van der Waals surface area contributed by atoms with Crippen LogP contribution in [0.3, 0.4) is 0 Å². The van der Waals surface area contributed by atoms with E-state index in [1.54, 1.807) is 6.07 Å². The number of hydrogen-bond donors (Lipinski definition) is 0. The van der Waals surface area contributed by atoms with E-state index in [0.717, 1.165) is 16.4 Å². The van der Waals surface area contributed by atoms with Crippen molar-refractivity contribution in [3.05, 3.63) is 64.9 Å². The molecule has 0 saturated carbocycles. The number of hydrogen-bond acceptors (Lipinski definition) is 5. The summed E-state index contributed by atoms with van der Waals surface area (Å²) in [5, 5.41) is 1.10. The van der Waals surface area contributed by atoms with Gasteiger partial charge in [-0.15, -0.1) is 0 Å². The SMILES string of the molecule is O=S1(=O)CC2N=C(N(Cc3ccc(F)cc3Cl)c3ccccc3)SC2C1. The number of rotatable bonds is 3. The average Bonchev–Trinajstić information content (AvgIpc) is 3.08. The molecule has 26 heavy (non-hydrogen) atoms. The van der Waals surface area contributed by atoms with Gasteiger partial charge in [0.25, 0.3) is 0 Å². The van der Waals surface area contributed by atoms with Crippen LogP contribution in [0, 0.1) is 5.82 Å². The smallest absolute Gasteiger partial charge is 0.164 e. The lowest BCUT2D eigenvalue weighted by atomic mass is 10.2. The Bertz CT molecular complexity index is 966. The Balaban J connectivity index is 1.67. The molecule has 2 aliphatic rings. The standard InChI is InChI=1S/C18H16ClFN2O2S2/c19-15-8-13(20)7-6-12(15)9-22(14-4-2-1-3-5-14)18-21-16-10-26(23,24)11-17(16)25-18/h1-8,16-17H,9-11H2. The van der Waals surface area contributed by atoms with E-state index in [1.807, 2.05) is 35.2 Å². The zero-order valence-electron chi connectivity index (χ0n) is 13.7. The van der Waals surface area contributed by atoms with Crippen molar-refractivity contribution in [3.63, 3.8) is 0 Å². The summed E-state index contributed by atoms with van der Waals surface area (Å²) in [5.74, 6) is -0.110. The number of sulfone groups is 1. The van der Waals surface area contributed by atoms with Crippen molar-refractivity contribution in [2.45, 2.75) is 17.8 Å². The quantitative estimate of drug-likeness (QED) is 0.773. The summed E-state index contributed by atoms with van der Waals surface area (Å²) in [6.07, 6.45) is 0. The number of amidine groups is 1. The van der Waals surface area contributed by atoms with Crippen LogP contribution in [0.5, 0.6) is 0 Å². The number of fused-ring (bicyclic) bond motifs is 1. The van der Waals surface area contributed by atoms with Crippen LogP contribution in [0.2, 0.25) is 5.02 Å². The number of aliphatic imine (C=N–C) groups is 1. The molecule has 1 saturated heterocycles. The Kier molecular flexibility index (Phi) is 4.71. The fourth-order valence-electron chi connectivity index (χ4n) is 3.17. The highest BCUT2D eigenvalue weighted by Gasteiger charge is 2.44. The van der Waals surface area contributed by atoms with Gasteiger partial charge in [-0.3, -0.25) is 4.99 Å². The molecule has 4 nitrogen and oxygen atoms in total. The van der Waals surface area contributed by atoms with Crippen LogP contribution in [-0.4, -0.2) is 36.4 Å². The van der Waals surface area contributed by atoms with Crippen LogP contribution >= 0.6 is 23.4 Å². The fourth-order valence-corrected chi connectivity index (χ4v) is 7.18. The largest absolute Gasteiger partial charge is 0.317 e. The predicted molar refractivity (Wildman–Crippen MR) is 105 cm³/mol. The second kappa shape index (κ2) is 6.87. The molecule has 2 aromatic rings. The molecule has 2 heterocycles. The van der Waals surface area contributed by atoms with Crippen LogP contribution in [0.4, 0.5) is 10.1 Å². The molecular weight excluding hydrogens is 395 g/mol. The van der Waals surface area contributed by atoms with E-state index < -0.39 is 9.84 Å². The molecule has 1 fully saturated rings. The van der Waals surface area contributed by atoms with Crippen LogP contribution < -0.4 is 4.90 Å². The van der Waals surface area contributed by atoms with Gasteiger partial charge in [0.15, 0.2) is 15.0 Å². The maximum atomic E-state index is 13.4. The highest BCUT2D eigenvalue weighted by atomic mass is 35.5.